The van der Waals surface area contributed by atoms with Gasteiger partial charge in [-0.3, -0.25) is 14.3 Å². The van der Waals surface area contributed by atoms with Crippen molar-refractivity contribution in [2.24, 2.45) is 4.99 Å². The molecule has 0 saturated heterocycles. The number of aromatic nitrogens is 2. The maximum atomic E-state index is 13.3. The Morgan fingerprint density at radius 1 is 1.38 bits per heavy atom. The first kappa shape index (κ1) is 19.2. The van der Waals surface area contributed by atoms with Crippen molar-refractivity contribution in [1.29, 1.82) is 0 Å². The molecule has 1 aliphatic heterocycles. The van der Waals surface area contributed by atoms with Gasteiger partial charge in [0.25, 0.3) is 5.56 Å². The largest absolute Gasteiger partial charge is 0.458 e. The van der Waals surface area contributed by atoms with Gasteiger partial charge in [-0.15, -0.1) is 11.3 Å². The van der Waals surface area contributed by atoms with Crippen LogP contribution in [-0.2, 0) is 9.53 Å². The van der Waals surface area contributed by atoms with Crippen LogP contribution in [0, 0.1) is 0 Å². The lowest BCUT2D eigenvalue weighted by Crippen LogP contribution is -2.39. The number of esters is 1. The molecule has 0 aromatic carbocycles. The van der Waals surface area contributed by atoms with Crippen LogP contribution in [0.3, 0.4) is 0 Å². The summed E-state index contributed by atoms with van der Waals surface area (Å²) in [7, 11) is 0. The molecule has 29 heavy (non-hydrogen) atoms. The van der Waals surface area contributed by atoms with Crippen LogP contribution in [-0.4, -0.2) is 22.1 Å². The number of nitrogens with zero attached hydrogens (tertiary/aromatic N) is 3. The molecule has 1 atom stereocenters. The number of hydrogen-bond donors (Lipinski definition) is 0. The number of carbonyl (C=O) groups is 1. The highest BCUT2D eigenvalue weighted by Crippen LogP contribution is 2.33. The maximum Gasteiger partial charge on any atom is 0.338 e. The van der Waals surface area contributed by atoms with Crippen LogP contribution in [0.25, 0.3) is 6.08 Å². The molecule has 146 valence electrons. The Hall–Kier alpha value is -3.10. The van der Waals surface area contributed by atoms with Gasteiger partial charge in [0.15, 0.2) is 4.80 Å². The number of rotatable bonds is 5. The summed E-state index contributed by atoms with van der Waals surface area (Å²) >= 11 is 2.78. The molecule has 4 rings (SSSR count). The molecule has 3 aromatic rings. The topological polar surface area (TPSA) is 73.6 Å². The molecule has 1 aliphatic rings. The van der Waals surface area contributed by atoms with Crippen molar-refractivity contribution >= 4 is 34.7 Å². The number of carbonyl (C=O) groups excluding carboxylic acids is 1. The molecule has 0 amide bonds. The van der Waals surface area contributed by atoms with E-state index in [9.17, 15) is 9.59 Å². The highest BCUT2D eigenvalue weighted by atomic mass is 32.1. The zero-order chi connectivity index (χ0) is 20.4. The van der Waals surface area contributed by atoms with E-state index < -0.39 is 12.0 Å². The Labute approximate surface area is 174 Å². The molecular weight excluding hydrogens is 406 g/mol. The lowest BCUT2D eigenvalue weighted by molar-refractivity contribution is -0.138. The van der Waals surface area contributed by atoms with E-state index in [-0.39, 0.29) is 12.2 Å². The Morgan fingerprint density at radius 2 is 2.24 bits per heavy atom. The summed E-state index contributed by atoms with van der Waals surface area (Å²) in [5.41, 5.74) is 1.55. The molecule has 0 bridgehead atoms. The van der Waals surface area contributed by atoms with Crippen molar-refractivity contribution < 1.29 is 9.53 Å². The summed E-state index contributed by atoms with van der Waals surface area (Å²) in [6.07, 6.45) is 6.67. The van der Waals surface area contributed by atoms with E-state index in [2.05, 4.69) is 16.6 Å². The van der Waals surface area contributed by atoms with Crippen molar-refractivity contribution in [2.45, 2.75) is 13.0 Å². The molecule has 3 aromatic heterocycles. The van der Waals surface area contributed by atoms with E-state index in [0.29, 0.717) is 20.6 Å². The fourth-order valence-electron chi connectivity index (χ4n) is 3.12. The number of allylic oxidation sites excluding steroid dienone is 1. The van der Waals surface area contributed by atoms with Crippen LogP contribution < -0.4 is 14.9 Å². The third-order valence-corrected chi connectivity index (χ3v) is 6.28. The number of thiazole rings is 1. The van der Waals surface area contributed by atoms with Gasteiger partial charge in [0.1, 0.15) is 12.6 Å². The molecule has 0 radical (unpaired) electrons. The van der Waals surface area contributed by atoms with E-state index in [1.165, 1.54) is 28.7 Å². The van der Waals surface area contributed by atoms with Crippen LogP contribution >= 0.6 is 22.7 Å². The minimum atomic E-state index is -0.570. The minimum absolute atomic E-state index is 0.0954. The third-order valence-electron chi connectivity index (χ3n) is 4.37. The van der Waals surface area contributed by atoms with Gasteiger partial charge in [0, 0.05) is 17.3 Å². The Bertz CT molecular complexity index is 1270. The second kappa shape index (κ2) is 8.10. The second-order valence-electron chi connectivity index (χ2n) is 6.27. The van der Waals surface area contributed by atoms with Crippen LogP contribution in [0.5, 0.6) is 0 Å². The summed E-state index contributed by atoms with van der Waals surface area (Å²) in [4.78, 5) is 36.1. The fraction of sp³-hybridized carbons (Fsp3) is 0.143. The summed E-state index contributed by atoms with van der Waals surface area (Å²) in [5.74, 6) is -0.494. The smallest absolute Gasteiger partial charge is 0.338 e. The van der Waals surface area contributed by atoms with Crippen LogP contribution in [0.2, 0.25) is 0 Å². The standard InChI is InChI=1S/C21H17N3O3S2/c1-3-9-27-20(26)17-13(2)23-21-24(18(17)15-7-5-10-28-15)19(25)16(29-21)11-14-6-4-8-22-12-14/h3-8,10-12,18H,1,9H2,2H3/b16-11+. The van der Waals surface area contributed by atoms with Crippen molar-refractivity contribution in [3.63, 3.8) is 0 Å². The summed E-state index contributed by atoms with van der Waals surface area (Å²) in [5, 5.41) is 1.92. The van der Waals surface area contributed by atoms with Crippen molar-refractivity contribution in [3.05, 3.63) is 96.1 Å². The molecule has 1 unspecified atom stereocenters. The molecule has 0 saturated carbocycles. The van der Waals surface area contributed by atoms with Crippen molar-refractivity contribution in [2.75, 3.05) is 6.61 Å². The average molecular weight is 424 g/mol. The first-order chi connectivity index (χ1) is 14.1. The van der Waals surface area contributed by atoms with Gasteiger partial charge in [-0.05, 0) is 36.1 Å². The number of pyridine rings is 1. The zero-order valence-electron chi connectivity index (χ0n) is 15.6. The Kier molecular flexibility index (Phi) is 5.37. The van der Waals surface area contributed by atoms with Crippen LogP contribution in [0.4, 0.5) is 0 Å². The predicted molar refractivity (Wildman–Crippen MR) is 113 cm³/mol. The normalized spacial score (nSPS) is 16.3. The molecule has 0 aliphatic carbocycles. The van der Waals surface area contributed by atoms with Crippen molar-refractivity contribution in [3.8, 4) is 0 Å². The van der Waals surface area contributed by atoms with Gasteiger partial charge < -0.3 is 4.74 Å². The van der Waals surface area contributed by atoms with Crippen LogP contribution in [0.1, 0.15) is 23.4 Å². The maximum absolute atomic E-state index is 13.3. The molecular formula is C21H17N3O3S2. The Balaban J connectivity index is 1.92. The molecule has 6 nitrogen and oxygen atoms in total. The first-order valence-electron chi connectivity index (χ1n) is 8.84. The van der Waals surface area contributed by atoms with E-state index in [0.717, 1.165) is 10.4 Å². The number of thiophene rings is 1. The highest BCUT2D eigenvalue weighted by molar-refractivity contribution is 7.10. The summed E-state index contributed by atoms with van der Waals surface area (Å²) in [6, 6.07) is 6.93. The van der Waals surface area contributed by atoms with Gasteiger partial charge in [0.05, 0.1) is 15.8 Å². The molecule has 4 heterocycles. The number of hydrogen-bond acceptors (Lipinski definition) is 7. The van der Waals surface area contributed by atoms with E-state index >= 15 is 0 Å². The van der Waals surface area contributed by atoms with Gasteiger partial charge in [0.2, 0.25) is 0 Å². The zero-order valence-corrected chi connectivity index (χ0v) is 17.2. The third kappa shape index (κ3) is 3.64. The van der Waals surface area contributed by atoms with E-state index in [1.54, 1.807) is 30.0 Å². The van der Waals surface area contributed by atoms with Crippen LogP contribution in [0.15, 0.2) is 75.8 Å². The second-order valence-corrected chi connectivity index (χ2v) is 8.26. The predicted octanol–water partition coefficient (Wildman–Crippen LogP) is 2.42. The fourth-order valence-corrected chi connectivity index (χ4v) is 4.99. The molecule has 0 N–H and O–H groups in total. The van der Waals surface area contributed by atoms with Gasteiger partial charge >= 0.3 is 5.97 Å². The van der Waals surface area contributed by atoms with Gasteiger partial charge in [-0.25, -0.2) is 9.79 Å². The first-order valence-corrected chi connectivity index (χ1v) is 10.5. The monoisotopic (exact) mass is 423 g/mol. The lowest BCUT2D eigenvalue weighted by atomic mass is 10.0. The highest BCUT2D eigenvalue weighted by Gasteiger charge is 2.33. The summed E-state index contributed by atoms with van der Waals surface area (Å²) < 4.78 is 7.40. The van der Waals surface area contributed by atoms with Gasteiger partial charge in [-0.1, -0.05) is 36.1 Å². The van der Waals surface area contributed by atoms with E-state index in [4.69, 9.17) is 4.74 Å². The molecule has 8 heteroatoms. The lowest BCUT2D eigenvalue weighted by Gasteiger charge is -2.23. The quantitative estimate of drug-likeness (QED) is 0.467. The molecule has 0 spiro atoms. The van der Waals surface area contributed by atoms with E-state index in [1.807, 2.05) is 29.6 Å². The number of fused-ring (bicyclic) bond motifs is 1. The molecule has 0 fully saturated rings. The Morgan fingerprint density at radius 3 is 2.93 bits per heavy atom. The number of ether oxygens (including phenoxy) is 1. The SMILES string of the molecule is C=CCOC(=O)C1=C(C)N=c2s/c(=C/c3cccnc3)c(=O)n2C1c1cccs1. The van der Waals surface area contributed by atoms with Crippen molar-refractivity contribution in [1.82, 2.24) is 9.55 Å². The van der Waals surface area contributed by atoms with Gasteiger partial charge in [-0.2, -0.15) is 0 Å². The summed E-state index contributed by atoms with van der Waals surface area (Å²) in [6.45, 7) is 5.44. The average Bonchev–Trinajstić information content (AvgIpc) is 3.35. The minimum Gasteiger partial charge on any atom is -0.458 e.